The summed E-state index contributed by atoms with van der Waals surface area (Å²) in [5.41, 5.74) is 1.68. The van der Waals surface area contributed by atoms with E-state index in [1.165, 1.54) is 0 Å². The van der Waals surface area contributed by atoms with E-state index in [1.54, 1.807) is 0 Å². The molecule has 2 fully saturated rings. The monoisotopic (exact) mass is 529 g/mol. The average Bonchev–Trinajstić information content (AvgIpc) is 2.91. The highest BCUT2D eigenvalue weighted by Gasteiger charge is 2.45. The molecule has 1 aromatic rings. The molecule has 168 valence electrons. The minimum atomic E-state index is -0.458. The molecule has 8 heteroatoms. The van der Waals surface area contributed by atoms with Crippen LogP contribution in [0.1, 0.15) is 64.6 Å². The van der Waals surface area contributed by atoms with Crippen LogP contribution in [-0.2, 0) is 11.3 Å². The van der Waals surface area contributed by atoms with Crippen LogP contribution in [0.5, 0.6) is 0 Å². The van der Waals surface area contributed by atoms with Gasteiger partial charge >= 0.3 is 6.09 Å². The third-order valence-corrected chi connectivity index (χ3v) is 5.53. The Bertz CT molecular complexity index is 735. The number of hydrogen-bond donors (Lipinski definition) is 2. The Kier molecular flexibility index (Phi) is 8.75. The smallest absolute Gasteiger partial charge is 0.410 e. The van der Waals surface area contributed by atoms with Crippen molar-refractivity contribution >= 4 is 36.0 Å². The molecule has 1 aromatic heterocycles. The van der Waals surface area contributed by atoms with E-state index in [-0.39, 0.29) is 42.2 Å². The van der Waals surface area contributed by atoms with Crippen molar-refractivity contribution in [3.63, 3.8) is 0 Å². The molecule has 0 aliphatic carbocycles. The summed E-state index contributed by atoms with van der Waals surface area (Å²) in [6.45, 7) is 11.2. The van der Waals surface area contributed by atoms with Crippen LogP contribution in [0.2, 0.25) is 0 Å². The van der Waals surface area contributed by atoms with Gasteiger partial charge in [-0.1, -0.05) is 6.07 Å². The van der Waals surface area contributed by atoms with Crippen LogP contribution >= 0.6 is 24.0 Å². The topological polar surface area (TPSA) is 78.9 Å². The van der Waals surface area contributed by atoms with Crippen molar-refractivity contribution in [1.29, 1.82) is 0 Å². The Labute approximate surface area is 197 Å². The lowest BCUT2D eigenvalue weighted by Crippen LogP contribution is -2.55. The first-order chi connectivity index (χ1) is 13.8. The summed E-state index contributed by atoms with van der Waals surface area (Å²) in [6.07, 6.45) is 5.56. The molecule has 2 unspecified atom stereocenters. The zero-order chi connectivity index (χ0) is 21.0. The highest BCUT2D eigenvalue weighted by Crippen LogP contribution is 2.36. The second-order valence-electron chi connectivity index (χ2n) is 9.05. The third kappa shape index (κ3) is 6.46. The molecular formula is C22H36IN5O2. The van der Waals surface area contributed by atoms with Gasteiger partial charge in [-0.05, 0) is 71.9 Å². The number of aromatic nitrogens is 1. The second-order valence-corrected chi connectivity index (χ2v) is 9.05. The van der Waals surface area contributed by atoms with Crippen molar-refractivity contribution in [2.24, 2.45) is 4.99 Å². The van der Waals surface area contributed by atoms with Gasteiger partial charge in [-0.3, -0.25) is 4.98 Å². The van der Waals surface area contributed by atoms with Crippen molar-refractivity contribution in [1.82, 2.24) is 20.5 Å². The van der Waals surface area contributed by atoms with Gasteiger partial charge in [-0.15, -0.1) is 24.0 Å². The Morgan fingerprint density at radius 2 is 1.97 bits per heavy atom. The predicted molar refractivity (Wildman–Crippen MR) is 130 cm³/mol. The maximum absolute atomic E-state index is 12.6. The Hall–Kier alpha value is -1.58. The highest BCUT2D eigenvalue weighted by atomic mass is 127. The van der Waals surface area contributed by atoms with Crippen molar-refractivity contribution in [3.05, 3.63) is 29.6 Å². The Morgan fingerprint density at radius 1 is 1.30 bits per heavy atom. The van der Waals surface area contributed by atoms with Gasteiger partial charge in [0, 0.05) is 30.9 Å². The summed E-state index contributed by atoms with van der Waals surface area (Å²) in [5, 5.41) is 6.93. The minimum Gasteiger partial charge on any atom is -0.444 e. The Balaban J connectivity index is 0.00000320. The van der Waals surface area contributed by atoms with E-state index in [2.05, 4.69) is 35.5 Å². The summed E-state index contributed by atoms with van der Waals surface area (Å²) < 4.78 is 5.64. The zero-order valence-electron chi connectivity index (χ0n) is 18.8. The summed E-state index contributed by atoms with van der Waals surface area (Å²) in [5.74, 6) is 0.813. The van der Waals surface area contributed by atoms with Gasteiger partial charge in [0.25, 0.3) is 0 Å². The molecule has 2 atom stereocenters. The van der Waals surface area contributed by atoms with Gasteiger partial charge in [0.2, 0.25) is 0 Å². The molecule has 2 aliphatic rings. The first-order valence-electron chi connectivity index (χ1n) is 10.7. The number of ether oxygens (including phenoxy) is 1. The van der Waals surface area contributed by atoms with E-state index >= 15 is 0 Å². The molecule has 0 aromatic carbocycles. The number of fused-ring (bicyclic) bond motifs is 2. The summed E-state index contributed by atoms with van der Waals surface area (Å²) in [7, 11) is 0. The fourth-order valence-electron chi connectivity index (χ4n) is 4.26. The molecule has 0 radical (unpaired) electrons. The summed E-state index contributed by atoms with van der Waals surface area (Å²) >= 11 is 0. The normalized spacial score (nSPS) is 23.6. The summed E-state index contributed by atoms with van der Waals surface area (Å²) in [6, 6.07) is 4.78. The van der Waals surface area contributed by atoms with E-state index in [9.17, 15) is 4.79 Å². The molecule has 30 heavy (non-hydrogen) atoms. The van der Waals surface area contributed by atoms with E-state index in [4.69, 9.17) is 9.73 Å². The van der Waals surface area contributed by atoms with Crippen LogP contribution in [0.4, 0.5) is 4.79 Å². The van der Waals surface area contributed by atoms with E-state index in [0.29, 0.717) is 12.6 Å². The molecule has 0 saturated carbocycles. The van der Waals surface area contributed by atoms with E-state index in [1.807, 2.05) is 37.9 Å². The predicted octanol–water partition coefficient (Wildman–Crippen LogP) is 3.99. The largest absolute Gasteiger partial charge is 0.444 e. The fourth-order valence-corrected chi connectivity index (χ4v) is 4.26. The molecule has 1 amide bonds. The number of hydrogen-bond acceptors (Lipinski definition) is 4. The number of pyridine rings is 1. The lowest BCUT2D eigenvalue weighted by molar-refractivity contribution is 0.00545. The molecule has 2 N–H and O–H groups in total. The number of carbonyl (C=O) groups excluding carboxylic acids is 1. The van der Waals surface area contributed by atoms with Crippen LogP contribution in [0, 0.1) is 6.92 Å². The molecule has 3 rings (SSSR count). The number of rotatable bonds is 4. The number of piperidine rings is 1. The summed E-state index contributed by atoms with van der Waals surface area (Å²) in [4.78, 5) is 23.8. The van der Waals surface area contributed by atoms with E-state index in [0.717, 1.165) is 49.4 Å². The van der Waals surface area contributed by atoms with Crippen molar-refractivity contribution in [2.45, 2.75) is 90.6 Å². The lowest BCUT2D eigenvalue weighted by atomic mass is 9.98. The number of nitrogens with zero attached hydrogens (tertiary/aromatic N) is 3. The third-order valence-electron chi connectivity index (χ3n) is 5.53. The Morgan fingerprint density at radius 3 is 2.53 bits per heavy atom. The highest BCUT2D eigenvalue weighted by molar-refractivity contribution is 14.0. The van der Waals surface area contributed by atoms with Gasteiger partial charge in [0.1, 0.15) is 5.60 Å². The second kappa shape index (κ2) is 10.6. The van der Waals surface area contributed by atoms with Gasteiger partial charge < -0.3 is 20.3 Å². The number of nitrogens with one attached hydrogen (secondary N) is 2. The van der Waals surface area contributed by atoms with Crippen LogP contribution in [0.3, 0.4) is 0 Å². The number of aliphatic imine (C=N–C) groups is 1. The molecule has 2 aliphatic heterocycles. The van der Waals surface area contributed by atoms with Gasteiger partial charge in [0.15, 0.2) is 5.96 Å². The first-order valence-corrected chi connectivity index (χ1v) is 10.7. The van der Waals surface area contributed by atoms with Crippen LogP contribution < -0.4 is 10.6 Å². The van der Waals surface area contributed by atoms with Crippen molar-refractivity contribution in [3.8, 4) is 0 Å². The molecule has 7 nitrogen and oxygen atoms in total. The number of carbonyl (C=O) groups is 1. The fraction of sp³-hybridized carbons (Fsp3) is 0.682. The number of aryl methyl sites for hydroxylation is 1. The maximum atomic E-state index is 12.6. The molecule has 0 spiro atoms. The van der Waals surface area contributed by atoms with Gasteiger partial charge in [0.05, 0.1) is 12.2 Å². The van der Waals surface area contributed by atoms with Crippen LogP contribution in [-0.4, -0.2) is 52.2 Å². The van der Waals surface area contributed by atoms with Crippen LogP contribution in [0.15, 0.2) is 23.3 Å². The van der Waals surface area contributed by atoms with Crippen molar-refractivity contribution < 1.29 is 9.53 Å². The number of guanidine groups is 1. The average molecular weight is 529 g/mol. The molecule has 2 bridgehead atoms. The van der Waals surface area contributed by atoms with Crippen LogP contribution in [0.25, 0.3) is 0 Å². The molecular weight excluding hydrogens is 493 g/mol. The molecule has 2 saturated heterocycles. The first kappa shape index (κ1) is 24.7. The molecule has 3 heterocycles. The van der Waals surface area contributed by atoms with E-state index < -0.39 is 5.60 Å². The quantitative estimate of drug-likeness (QED) is 0.351. The number of amides is 1. The maximum Gasteiger partial charge on any atom is 0.410 e. The van der Waals surface area contributed by atoms with Gasteiger partial charge in [-0.2, -0.15) is 0 Å². The lowest BCUT2D eigenvalue weighted by Gasteiger charge is -2.40. The standard InChI is InChI=1S/C22H35N5O2.HI/c1-6-23-20(25-14-19-15(2)8-7-11-24-19)26-16-12-17-9-10-18(13-16)27(17)21(28)29-22(3,4)5;/h7-8,11,16-18H,6,9-10,12-14H2,1-5H3,(H2,23,25,26);1H. The zero-order valence-corrected chi connectivity index (χ0v) is 21.1. The van der Waals surface area contributed by atoms with Gasteiger partial charge in [-0.25, -0.2) is 9.79 Å². The number of halogens is 1. The SMILES string of the molecule is CCNC(=NCc1ncccc1C)NC1CC2CCC(C1)N2C(=O)OC(C)(C)C.I. The van der Waals surface area contributed by atoms with Crippen molar-refractivity contribution in [2.75, 3.05) is 6.54 Å². The minimum absolute atomic E-state index is 0.